The molecular formula is C20H33ClN4O2. The van der Waals surface area contributed by atoms with Crippen LogP contribution in [0.5, 0.6) is 0 Å². The number of carbonyl (C=O) groups is 2. The summed E-state index contributed by atoms with van der Waals surface area (Å²) in [5.74, 6) is 0.177. The summed E-state index contributed by atoms with van der Waals surface area (Å²) in [6.07, 6.45) is 5.31. The van der Waals surface area contributed by atoms with Crippen LogP contribution in [0, 0.1) is 5.92 Å². The van der Waals surface area contributed by atoms with Gasteiger partial charge in [-0.2, -0.15) is 0 Å². The average Bonchev–Trinajstić information content (AvgIpc) is 2.62. The van der Waals surface area contributed by atoms with E-state index in [1.54, 1.807) is 0 Å². The molecule has 0 radical (unpaired) electrons. The van der Waals surface area contributed by atoms with Gasteiger partial charge in [-0.1, -0.05) is 50.1 Å². The van der Waals surface area contributed by atoms with E-state index in [4.69, 9.17) is 5.73 Å². The van der Waals surface area contributed by atoms with Crippen LogP contribution < -0.4 is 16.4 Å². The molecule has 0 bridgehead atoms. The standard InChI is InChI=1S/C20H32N4O2.ClH/c1-16-7-5-6-10-18(16)22-20(26)23-19(25)15-24(14-12-21)13-11-17-8-3-2-4-9-17;/h2-4,8-9,16,18H,5-7,10-15,21H2,1H3,(H2,22,23,25,26);1H. The first-order valence-electron chi connectivity index (χ1n) is 9.65. The number of rotatable bonds is 8. The van der Waals surface area contributed by atoms with Crippen LogP contribution in [0.1, 0.15) is 38.2 Å². The third-order valence-electron chi connectivity index (χ3n) is 5.05. The fourth-order valence-corrected chi connectivity index (χ4v) is 3.49. The molecule has 2 rings (SSSR count). The predicted molar refractivity (Wildman–Crippen MR) is 111 cm³/mol. The highest BCUT2D eigenvalue weighted by Crippen LogP contribution is 2.23. The lowest BCUT2D eigenvalue weighted by Crippen LogP contribution is -2.50. The van der Waals surface area contributed by atoms with Gasteiger partial charge in [-0.25, -0.2) is 4.79 Å². The lowest BCUT2D eigenvalue weighted by Gasteiger charge is -2.29. The van der Waals surface area contributed by atoms with Crippen LogP contribution in [0.4, 0.5) is 4.79 Å². The third kappa shape index (κ3) is 8.73. The molecule has 7 heteroatoms. The summed E-state index contributed by atoms with van der Waals surface area (Å²) in [5.41, 5.74) is 6.88. The normalized spacial score (nSPS) is 19.2. The van der Waals surface area contributed by atoms with E-state index >= 15 is 0 Å². The fourth-order valence-electron chi connectivity index (χ4n) is 3.49. The zero-order valence-corrected chi connectivity index (χ0v) is 17.0. The van der Waals surface area contributed by atoms with E-state index in [-0.39, 0.29) is 36.9 Å². The maximum atomic E-state index is 12.2. The summed E-state index contributed by atoms with van der Waals surface area (Å²) >= 11 is 0. The average molecular weight is 397 g/mol. The van der Waals surface area contributed by atoms with Gasteiger partial charge in [0, 0.05) is 25.7 Å². The van der Waals surface area contributed by atoms with Crippen molar-refractivity contribution in [2.24, 2.45) is 11.7 Å². The van der Waals surface area contributed by atoms with Gasteiger partial charge in [0.2, 0.25) is 5.91 Å². The van der Waals surface area contributed by atoms with Crippen molar-refractivity contribution in [1.82, 2.24) is 15.5 Å². The zero-order chi connectivity index (χ0) is 18.8. The first-order valence-corrected chi connectivity index (χ1v) is 9.65. The third-order valence-corrected chi connectivity index (χ3v) is 5.05. The van der Waals surface area contributed by atoms with Crippen molar-refractivity contribution in [3.63, 3.8) is 0 Å². The maximum absolute atomic E-state index is 12.2. The number of carbonyl (C=O) groups excluding carboxylic acids is 2. The minimum absolute atomic E-state index is 0. The second-order valence-corrected chi connectivity index (χ2v) is 7.19. The van der Waals surface area contributed by atoms with Crippen LogP contribution in [0.3, 0.4) is 0 Å². The molecule has 6 nitrogen and oxygen atoms in total. The molecule has 1 aromatic rings. The molecule has 27 heavy (non-hydrogen) atoms. The van der Waals surface area contributed by atoms with Crippen molar-refractivity contribution >= 4 is 24.3 Å². The Morgan fingerprint density at radius 3 is 2.52 bits per heavy atom. The minimum Gasteiger partial charge on any atom is -0.335 e. The first kappa shape index (κ1) is 23.4. The molecule has 0 aromatic heterocycles. The van der Waals surface area contributed by atoms with Crippen molar-refractivity contribution in [1.29, 1.82) is 0 Å². The van der Waals surface area contributed by atoms with E-state index in [9.17, 15) is 9.59 Å². The fraction of sp³-hybridized carbons (Fsp3) is 0.600. The van der Waals surface area contributed by atoms with E-state index in [1.807, 2.05) is 23.1 Å². The Morgan fingerprint density at radius 2 is 1.85 bits per heavy atom. The molecule has 152 valence electrons. The number of nitrogens with zero attached hydrogens (tertiary/aromatic N) is 1. The number of hydrogen-bond donors (Lipinski definition) is 3. The molecule has 1 aromatic carbocycles. The van der Waals surface area contributed by atoms with Gasteiger partial charge in [-0.05, 0) is 30.7 Å². The SMILES string of the molecule is CC1CCCCC1NC(=O)NC(=O)CN(CCN)CCc1ccccc1.Cl. The van der Waals surface area contributed by atoms with Crippen molar-refractivity contribution < 1.29 is 9.59 Å². The molecule has 2 atom stereocenters. The number of imide groups is 1. The number of urea groups is 1. The molecule has 1 saturated carbocycles. The Hall–Kier alpha value is -1.63. The van der Waals surface area contributed by atoms with Gasteiger partial charge in [-0.3, -0.25) is 15.0 Å². The summed E-state index contributed by atoms with van der Waals surface area (Å²) in [6, 6.07) is 9.91. The van der Waals surface area contributed by atoms with E-state index in [0.29, 0.717) is 19.0 Å². The molecule has 0 heterocycles. The van der Waals surface area contributed by atoms with Crippen molar-refractivity contribution in [2.75, 3.05) is 26.2 Å². The highest BCUT2D eigenvalue weighted by molar-refractivity contribution is 5.95. The number of nitrogens with two attached hydrogens (primary N) is 1. The Balaban J connectivity index is 0.00000364. The van der Waals surface area contributed by atoms with Gasteiger partial charge in [0.1, 0.15) is 0 Å². The Morgan fingerprint density at radius 1 is 1.15 bits per heavy atom. The first-order chi connectivity index (χ1) is 12.6. The van der Waals surface area contributed by atoms with Crippen LogP contribution in [0.15, 0.2) is 30.3 Å². The van der Waals surface area contributed by atoms with Crippen molar-refractivity contribution in [3.05, 3.63) is 35.9 Å². The highest BCUT2D eigenvalue weighted by atomic mass is 35.5. The summed E-state index contributed by atoms with van der Waals surface area (Å²) < 4.78 is 0. The van der Waals surface area contributed by atoms with Crippen LogP contribution in [0.25, 0.3) is 0 Å². The Labute approximate surface area is 168 Å². The van der Waals surface area contributed by atoms with Gasteiger partial charge in [0.15, 0.2) is 0 Å². The monoisotopic (exact) mass is 396 g/mol. The topological polar surface area (TPSA) is 87.5 Å². The van der Waals surface area contributed by atoms with Crippen molar-refractivity contribution in [3.8, 4) is 0 Å². The smallest absolute Gasteiger partial charge is 0.321 e. The number of hydrogen-bond acceptors (Lipinski definition) is 4. The van der Waals surface area contributed by atoms with E-state index in [1.165, 1.54) is 12.0 Å². The van der Waals surface area contributed by atoms with E-state index in [2.05, 4.69) is 29.7 Å². The zero-order valence-electron chi connectivity index (χ0n) is 16.2. The predicted octanol–water partition coefficient (Wildman–Crippen LogP) is 2.32. The summed E-state index contributed by atoms with van der Waals surface area (Å²) in [4.78, 5) is 26.3. The highest BCUT2D eigenvalue weighted by Gasteiger charge is 2.23. The number of amides is 3. The molecule has 4 N–H and O–H groups in total. The molecule has 3 amide bonds. The number of nitrogens with one attached hydrogen (secondary N) is 2. The molecule has 1 aliphatic rings. The molecule has 0 aliphatic heterocycles. The second kappa shape index (κ2) is 12.7. The molecule has 2 unspecified atom stereocenters. The Kier molecular flexibility index (Phi) is 11.0. The van der Waals surface area contributed by atoms with Crippen LogP contribution in [0.2, 0.25) is 0 Å². The molecule has 1 fully saturated rings. The largest absolute Gasteiger partial charge is 0.335 e. The summed E-state index contributed by atoms with van der Waals surface area (Å²) in [5, 5.41) is 5.41. The van der Waals surface area contributed by atoms with Crippen LogP contribution in [-0.2, 0) is 11.2 Å². The van der Waals surface area contributed by atoms with Gasteiger partial charge in [-0.15, -0.1) is 12.4 Å². The van der Waals surface area contributed by atoms with Crippen molar-refractivity contribution in [2.45, 2.75) is 45.1 Å². The summed E-state index contributed by atoms with van der Waals surface area (Å²) in [7, 11) is 0. The maximum Gasteiger partial charge on any atom is 0.321 e. The second-order valence-electron chi connectivity index (χ2n) is 7.19. The van der Waals surface area contributed by atoms with Crippen LogP contribution in [-0.4, -0.2) is 49.1 Å². The molecular weight excluding hydrogens is 364 g/mol. The minimum atomic E-state index is -0.385. The number of halogens is 1. The quantitative estimate of drug-likeness (QED) is 0.629. The van der Waals surface area contributed by atoms with E-state index in [0.717, 1.165) is 32.2 Å². The Bertz CT molecular complexity index is 570. The molecule has 0 spiro atoms. The van der Waals surface area contributed by atoms with Gasteiger partial charge < -0.3 is 11.1 Å². The van der Waals surface area contributed by atoms with Gasteiger partial charge >= 0.3 is 6.03 Å². The van der Waals surface area contributed by atoms with Gasteiger partial charge in [0.25, 0.3) is 0 Å². The molecule has 1 aliphatic carbocycles. The molecule has 0 saturated heterocycles. The lowest BCUT2D eigenvalue weighted by molar-refractivity contribution is -0.121. The van der Waals surface area contributed by atoms with E-state index < -0.39 is 0 Å². The van der Waals surface area contributed by atoms with Crippen LogP contribution >= 0.6 is 12.4 Å². The summed E-state index contributed by atoms with van der Waals surface area (Å²) in [6.45, 7) is 4.17. The van der Waals surface area contributed by atoms with Gasteiger partial charge in [0.05, 0.1) is 6.54 Å². The lowest BCUT2D eigenvalue weighted by atomic mass is 9.86. The number of benzene rings is 1.